The lowest BCUT2D eigenvalue weighted by Gasteiger charge is -2.37. The molecule has 0 bridgehead atoms. The third-order valence-corrected chi connectivity index (χ3v) is 9.14. The SMILES string of the molecule is C=CC(=O)OCCCCOC(=O)c1cc(NC(=O)C2CCC(C3CCC(CC)CC3)CC2)ccc1OCCCCOC(=O)C=C. The van der Waals surface area contributed by atoms with Gasteiger partial charge < -0.3 is 24.3 Å². The number of hydrogen-bond donors (Lipinski definition) is 1. The van der Waals surface area contributed by atoms with Gasteiger partial charge in [0.1, 0.15) is 11.3 Å². The van der Waals surface area contributed by atoms with Gasteiger partial charge in [-0.2, -0.15) is 0 Å². The van der Waals surface area contributed by atoms with Crippen LogP contribution in [0.4, 0.5) is 5.69 Å². The summed E-state index contributed by atoms with van der Waals surface area (Å²) in [6, 6.07) is 5.01. The molecule has 1 aromatic carbocycles. The predicted molar refractivity (Wildman–Crippen MR) is 173 cm³/mol. The van der Waals surface area contributed by atoms with Crippen molar-refractivity contribution in [2.24, 2.45) is 23.7 Å². The molecule has 248 valence electrons. The van der Waals surface area contributed by atoms with E-state index in [0.717, 1.165) is 55.6 Å². The number of ether oxygens (including phenoxy) is 4. The van der Waals surface area contributed by atoms with Crippen molar-refractivity contribution in [3.63, 3.8) is 0 Å². The summed E-state index contributed by atoms with van der Waals surface area (Å²) in [5.41, 5.74) is 0.738. The van der Waals surface area contributed by atoms with E-state index in [1.54, 1.807) is 18.2 Å². The molecule has 9 heteroatoms. The van der Waals surface area contributed by atoms with Crippen LogP contribution in [0.2, 0.25) is 0 Å². The van der Waals surface area contributed by atoms with Gasteiger partial charge in [-0.3, -0.25) is 4.79 Å². The highest BCUT2D eigenvalue weighted by Gasteiger charge is 2.32. The molecule has 2 fully saturated rings. The zero-order valence-corrected chi connectivity index (χ0v) is 26.9. The van der Waals surface area contributed by atoms with Crippen molar-refractivity contribution in [2.45, 2.75) is 90.4 Å². The molecule has 2 aliphatic carbocycles. The minimum Gasteiger partial charge on any atom is -0.493 e. The Morgan fingerprint density at radius 2 is 1.29 bits per heavy atom. The minimum atomic E-state index is -0.567. The first-order valence-corrected chi connectivity index (χ1v) is 16.7. The van der Waals surface area contributed by atoms with Crippen molar-refractivity contribution in [3.05, 3.63) is 49.1 Å². The lowest BCUT2D eigenvalue weighted by atomic mass is 9.69. The maximum absolute atomic E-state index is 13.2. The molecule has 9 nitrogen and oxygen atoms in total. The molecular formula is C36H51NO8. The van der Waals surface area contributed by atoms with Crippen LogP contribution in [-0.4, -0.2) is 50.2 Å². The van der Waals surface area contributed by atoms with Crippen LogP contribution < -0.4 is 10.1 Å². The number of anilines is 1. The van der Waals surface area contributed by atoms with Gasteiger partial charge in [0.2, 0.25) is 5.91 Å². The van der Waals surface area contributed by atoms with Gasteiger partial charge in [-0.15, -0.1) is 0 Å². The zero-order valence-electron chi connectivity index (χ0n) is 26.9. The molecule has 0 radical (unpaired) electrons. The Hall–Kier alpha value is -3.62. The summed E-state index contributed by atoms with van der Waals surface area (Å²) in [5.74, 6) is 1.19. The van der Waals surface area contributed by atoms with Gasteiger partial charge in [0.15, 0.2) is 0 Å². The molecule has 45 heavy (non-hydrogen) atoms. The minimum absolute atomic E-state index is 0.0146. The number of hydrogen-bond acceptors (Lipinski definition) is 8. The summed E-state index contributed by atoms with van der Waals surface area (Å²) < 4.78 is 21.3. The number of nitrogens with one attached hydrogen (secondary N) is 1. The number of carbonyl (C=O) groups is 4. The summed E-state index contributed by atoms with van der Waals surface area (Å²) >= 11 is 0. The van der Waals surface area contributed by atoms with E-state index in [4.69, 9.17) is 18.9 Å². The maximum atomic E-state index is 13.2. The van der Waals surface area contributed by atoms with Crippen molar-refractivity contribution in [1.82, 2.24) is 0 Å². The molecule has 0 heterocycles. The van der Waals surface area contributed by atoms with Gasteiger partial charge in [-0.25, -0.2) is 14.4 Å². The van der Waals surface area contributed by atoms with E-state index in [-0.39, 0.29) is 37.2 Å². The van der Waals surface area contributed by atoms with Gasteiger partial charge in [0, 0.05) is 23.8 Å². The van der Waals surface area contributed by atoms with Crippen LogP contribution in [0.3, 0.4) is 0 Å². The first-order chi connectivity index (χ1) is 21.8. The summed E-state index contributed by atoms with van der Waals surface area (Å²) in [7, 11) is 0. The monoisotopic (exact) mass is 625 g/mol. The Kier molecular flexibility index (Phi) is 15.7. The van der Waals surface area contributed by atoms with Gasteiger partial charge in [-0.05, 0) is 100 Å². The van der Waals surface area contributed by atoms with Crippen LogP contribution in [0.5, 0.6) is 5.75 Å². The number of esters is 3. The highest BCUT2D eigenvalue weighted by atomic mass is 16.5. The fourth-order valence-corrected chi connectivity index (χ4v) is 6.35. The average Bonchev–Trinajstić information content (AvgIpc) is 3.07. The number of unbranched alkanes of at least 4 members (excludes halogenated alkanes) is 2. The van der Waals surface area contributed by atoms with E-state index in [0.29, 0.717) is 43.7 Å². The van der Waals surface area contributed by atoms with Crippen molar-refractivity contribution < 1.29 is 38.1 Å². The van der Waals surface area contributed by atoms with Crippen molar-refractivity contribution in [2.75, 3.05) is 31.7 Å². The number of carbonyl (C=O) groups excluding carboxylic acids is 4. The normalized spacial score (nSPS) is 21.2. The molecule has 2 saturated carbocycles. The predicted octanol–water partition coefficient (Wildman–Crippen LogP) is 7.20. The highest BCUT2D eigenvalue weighted by molar-refractivity contribution is 5.97. The topological polar surface area (TPSA) is 117 Å². The van der Waals surface area contributed by atoms with Gasteiger partial charge in [0.05, 0.1) is 26.4 Å². The quantitative estimate of drug-likeness (QED) is 0.0788. The molecule has 0 aromatic heterocycles. The van der Waals surface area contributed by atoms with Crippen molar-refractivity contribution >= 4 is 29.5 Å². The van der Waals surface area contributed by atoms with Crippen LogP contribution in [0.25, 0.3) is 0 Å². The molecular weight excluding hydrogens is 574 g/mol. The third-order valence-electron chi connectivity index (χ3n) is 9.14. The first kappa shape index (κ1) is 35.9. The molecule has 3 rings (SSSR count). The Morgan fingerprint density at radius 1 is 0.756 bits per heavy atom. The maximum Gasteiger partial charge on any atom is 0.341 e. The Morgan fingerprint density at radius 3 is 1.84 bits per heavy atom. The molecule has 0 atom stereocenters. The standard InChI is InChI=1S/C36H51NO8/c1-4-26-11-13-27(14-12-26)28-15-17-29(18-16-28)35(40)37-30-19-20-32(42-21-7-8-22-43-33(38)5-2)31(25-30)36(41)45-24-10-9-23-44-34(39)6-3/h5-6,19-20,25-29H,2-4,7-18,21-24H2,1H3,(H,37,40). The zero-order chi connectivity index (χ0) is 32.4. The lowest BCUT2D eigenvalue weighted by molar-refractivity contribution is -0.138. The van der Waals surface area contributed by atoms with Crippen molar-refractivity contribution in [3.8, 4) is 5.75 Å². The van der Waals surface area contributed by atoms with Crippen LogP contribution in [0.15, 0.2) is 43.5 Å². The summed E-state index contributed by atoms with van der Waals surface area (Å²) in [5, 5.41) is 3.03. The van der Waals surface area contributed by atoms with E-state index in [1.165, 1.54) is 32.1 Å². The molecule has 0 unspecified atom stereocenters. The number of rotatable bonds is 18. The molecule has 0 saturated heterocycles. The van der Waals surface area contributed by atoms with Crippen molar-refractivity contribution in [1.29, 1.82) is 0 Å². The molecule has 1 N–H and O–H groups in total. The molecule has 2 aliphatic rings. The number of benzene rings is 1. The van der Waals surface area contributed by atoms with Crippen LogP contribution >= 0.6 is 0 Å². The first-order valence-electron chi connectivity index (χ1n) is 16.7. The largest absolute Gasteiger partial charge is 0.493 e. The summed E-state index contributed by atoms with van der Waals surface area (Å²) in [6.07, 6.45) is 15.1. The van der Waals surface area contributed by atoms with E-state index in [2.05, 4.69) is 25.4 Å². The summed E-state index contributed by atoms with van der Waals surface area (Å²) in [4.78, 5) is 48.7. The van der Waals surface area contributed by atoms with Crippen LogP contribution in [-0.2, 0) is 28.6 Å². The second-order valence-electron chi connectivity index (χ2n) is 12.1. The van der Waals surface area contributed by atoms with Crippen LogP contribution in [0, 0.1) is 23.7 Å². The molecule has 1 amide bonds. The second-order valence-corrected chi connectivity index (χ2v) is 12.1. The second kappa shape index (κ2) is 19.7. The lowest BCUT2D eigenvalue weighted by Crippen LogP contribution is -2.31. The van der Waals surface area contributed by atoms with E-state index < -0.39 is 17.9 Å². The Labute approximate surface area is 268 Å². The number of amides is 1. The van der Waals surface area contributed by atoms with E-state index in [9.17, 15) is 19.2 Å². The van der Waals surface area contributed by atoms with E-state index in [1.807, 2.05) is 0 Å². The van der Waals surface area contributed by atoms with Gasteiger partial charge >= 0.3 is 17.9 Å². The average molecular weight is 626 g/mol. The molecule has 0 spiro atoms. The van der Waals surface area contributed by atoms with Crippen LogP contribution in [0.1, 0.15) is 101 Å². The fourth-order valence-electron chi connectivity index (χ4n) is 6.35. The fraction of sp³-hybridized carbons (Fsp3) is 0.611. The highest BCUT2D eigenvalue weighted by Crippen LogP contribution is 2.42. The molecule has 0 aliphatic heterocycles. The Bertz CT molecular complexity index is 1130. The Balaban J connectivity index is 1.53. The molecule has 1 aromatic rings. The third kappa shape index (κ3) is 12.4. The summed E-state index contributed by atoms with van der Waals surface area (Å²) in [6.45, 7) is 9.92. The smallest absolute Gasteiger partial charge is 0.341 e. The van der Waals surface area contributed by atoms with E-state index >= 15 is 0 Å². The van der Waals surface area contributed by atoms with Gasteiger partial charge in [0.25, 0.3) is 0 Å². The van der Waals surface area contributed by atoms with Gasteiger partial charge in [-0.1, -0.05) is 39.3 Å².